The third-order valence-electron chi connectivity index (χ3n) is 2.28. The number of rotatable bonds is 1. The summed E-state index contributed by atoms with van der Waals surface area (Å²) in [4.78, 5) is 0.858. The van der Waals surface area contributed by atoms with E-state index in [0.29, 0.717) is 11.3 Å². The van der Waals surface area contributed by atoms with Gasteiger partial charge in [0.1, 0.15) is 5.75 Å². The monoisotopic (exact) mass is 215 g/mol. The van der Waals surface area contributed by atoms with Gasteiger partial charge in [-0.2, -0.15) is 5.26 Å². The number of aromatic hydroxyl groups is 1. The van der Waals surface area contributed by atoms with Gasteiger partial charge in [-0.05, 0) is 35.2 Å². The Labute approximate surface area is 92.2 Å². The molecule has 2 rings (SSSR count). The molecule has 2 aromatic carbocycles. The zero-order chi connectivity index (χ0) is 10.8. The zero-order valence-corrected chi connectivity index (χ0v) is 9.01. The van der Waals surface area contributed by atoms with Crippen molar-refractivity contribution < 1.29 is 5.11 Å². The van der Waals surface area contributed by atoms with Crippen LogP contribution in [0, 0.1) is 11.3 Å². The third-order valence-corrected chi connectivity index (χ3v) is 3.12. The molecule has 3 heteroatoms. The predicted molar refractivity (Wildman–Crippen MR) is 62.1 cm³/mol. The van der Waals surface area contributed by atoms with Crippen LogP contribution in [0.5, 0.6) is 5.75 Å². The second kappa shape index (κ2) is 3.84. The fraction of sp³-hybridized carbons (Fsp3) is 0.0833. The Morgan fingerprint density at radius 3 is 2.73 bits per heavy atom. The van der Waals surface area contributed by atoms with Gasteiger partial charge in [0.2, 0.25) is 0 Å². The predicted octanol–water partition coefficient (Wildman–Crippen LogP) is 3.14. The van der Waals surface area contributed by atoms with Crippen molar-refractivity contribution in [1.29, 1.82) is 5.26 Å². The van der Waals surface area contributed by atoms with Gasteiger partial charge in [0.25, 0.3) is 0 Å². The molecule has 0 bridgehead atoms. The van der Waals surface area contributed by atoms with E-state index in [-0.39, 0.29) is 0 Å². The SMILES string of the molecule is CSc1c(O)ccc2cc(C#N)ccc12. The number of phenolic OH excluding ortho intramolecular Hbond substituents is 1. The average Bonchev–Trinajstić information content (AvgIpc) is 2.28. The Balaban J connectivity index is 2.79. The smallest absolute Gasteiger partial charge is 0.129 e. The van der Waals surface area contributed by atoms with Crippen molar-refractivity contribution in [1.82, 2.24) is 0 Å². The number of nitrogens with zero attached hydrogens (tertiary/aromatic N) is 1. The first kappa shape index (κ1) is 9.88. The van der Waals surface area contributed by atoms with Crippen LogP contribution in [-0.2, 0) is 0 Å². The van der Waals surface area contributed by atoms with Crippen LogP contribution < -0.4 is 0 Å². The normalized spacial score (nSPS) is 10.1. The minimum atomic E-state index is 0.291. The standard InChI is InChI=1S/C12H9NOS/c1-15-12-10-4-2-8(7-13)6-9(10)3-5-11(12)14/h2-6,14H,1H3. The van der Waals surface area contributed by atoms with E-state index < -0.39 is 0 Å². The van der Waals surface area contributed by atoms with Gasteiger partial charge in [-0.3, -0.25) is 0 Å². The van der Waals surface area contributed by atoms with Crippen molar-refractivity contribution >= 4 is 22.5 Å². The Morgan fingerprint density at radius 2 is 2.07 bits per heavy atom. The van der Waals surface area contributed by atoms with Gasteiger partial charge in [-0.15, -0.1) is 11.8 Å². The molecular formula is C12H9NOS. The Hall–Kier alpha value is -1.66. The average molecular weight is 215 g/mol. The van der Waals surface area contributed by atoms with E-state index in [1.807, 2.05) is 24.5 Å². The molecule has 0 radical (unpaired) electrons. The molecule has 0 fully saturated rings. The minimum Gasteiger partial charge on any atom is -0.507 e. The lowest BCUT2D eigenvalue weighted by Gasteiger charge is -2.06. The molecule has 0 saturated heterocycles. The maximum atomic E-state index is 9.65. The molecule has 0 amide bonds. The van der Waals surface area contributed by atoms with Gasteiger partial charge in [-0.1, -0.05) is 12.1 Å². The lowest BCUT2D eigenvalue weighted by molar-refractivity contribution is 0.464. The van der Waals surface area contributed by atoms with Crippen molar-refractivity contribution in [2.75, 3.05) is 6.26 Å². The molecule has 74 valence electrons. The zero-order valence-electron chi connectivity index (χ0n) is 8.19. The summed E-state index contributed by atoms with van der Waals surface area (Å²) in [5.41, 5.74) is 0.639. The molecule has 0 aliphatic carbocycles. The summed E-state index contributed by atoms with van der Waals surface area (Å²) < 4.78 is 0. The first-order chi connectivity index (χ1) is 7.26. The van der Waals surface area contributed by atoms with Crippen molar-refractivity contribution in [3.8, 4) is 11.8 Å². The molecule has 0 aliphatic heterocycles. The van der Waals surface area contributed by atoms with Crippen LogP contribution in [0.2, 0.25) is 0 Å². The molecule has 0 unspecified atom stereocenters. The number of phenols is 1. The largest absolute Gasteiger partial charge is 0.507 e. The maximum absolute atomic E-state index is 9.65. The summed E-state index contributed by atoms with van der Waals surface area (Å²) >= 11 is 1.51. The summed E-state index contributed by atoms with van der Waals surface area (Å²) in [6.45, 7) is 0. The molecule has 15 heavy (non-hydrogen) atoms. The summed E-state index contributed by atoms with van der Waals surface area (Å²) in [6.07, 6.45) is 1.92. The summed E-state index contributed by atoms with van der Waals surface area (Å²) in [5.74, 6) is 0.291. The maximum Gasteiger partial charge on any atom is 0.129 e. The van der Waals surface area contributed by atoms with E-state index in [1.165, 1.54) is 11.8 Å². The topological polar surface area (TPSA) is 44.0 Å². The van der Waals surface area contributed by atoms with Gasteiger partial charge >= 0.3 is 0 Å². The lowest BCUT2D eigenvalue weighted by Crippen LogP contribution is -1.80. The first-order valence-corrected chi connectivity index (χ1v) is 5.68. The second-order valence-corrected chi connectivity index (χ2v) is 3.98. The van der Waals surface area contributed by atoms with E-state index in [4.69, 9.17) is 5.26 Å². The molecule has 2 nitrogen and oxygen atoms in total. The quantitative estimate of drug-likeness (QED) is 0.743. The van der Waals surface area contributed by atoms with Gasteiger partial charge in [0.15, 0.2) is 0 Å². The number of thioether (sulfide) groups is 1. The van der Waals surface area contributed by atoms with E-state index in [2.05, 4.69) is 6.07 Å². The first-order valence-electron chi connectivity index (χ1n) is 4.46. The molecule has 2 aromatic rings. The number of nitriles is 1. The highest BCUT2D eigenvalue weighted by molar-refractivity contribution is 7.99. The molecule has 0 atom stereocenters. The van der Waals surface area contributed by atoms with E-state index >= 15 is 0 Å². The van der Waals surface area contributed by atoms with Crippen LogP contribution in [0.25, 0.3) is 10.8 Å². The summed E-state index contributed by atoms with van der Waals surface area (Å²) in [6, 6.07) is 11.1. The minimum absolute atomic E-state index is 0.291. The van der Waals surface area contributed by atoms with Gasteiger partial charge in [-0.25, -0.2) is 0 Å². The second-order valence-electron chi connectivity index (χ2n) is 3.17. The van der Waals surface area contributed by atoms with Crippen molar-refractivity contribution in [3.63, 3.8) is 0 Å². The summed E-state index contributed by atoms with van der Waals surface area (Å²) in [5, 5.41) is 20.4. The van der Waals surface area contributed by atoms with Crippen LogP contribution in [0.4, 0.5) is 0 Å². The van der Waals surface area contributed by atoms with Crippen molar-refractivity contribution in [3.05, 3.63) is 35.9 Å². The number of hydrogen-bond donors (Lipinski definition) is 1. The highest BCUT2D eigenvalue weighted by Crippen LogP contribution is 2.34. The van der Waals surface area contributed by atoms with Crippen LogP contribution in [-0.4, -0.2) is 11.4 Å². The molecule has 0 heterocycles. The fourth-order valence-electron chi connectivity index (χ4n) is 1.57. The summed E-state index contributed by atoms with van der Waals surface area (Å²) in [7, 11) is 0. The molecular weight excluding hydrogens is 206 g/mol. The van der Waals surface area contributed by atoms with Crippen LogP contribution in [0.1, 0.15) is 5.56 Å². The molecule has 1 N–H and O–H groups in total. The van der Waals surface area contributed by atoms with E-state index in [1.54, 1.807) is 12.1 Å². The van der Waals surface area contributed by atoms with Crippen molar-refractivity contribution in [2.24, 2.45) is 0 Å². The molecule has 0 spiro atoms. The Kier molecular flexibility index (Phi) is 2.53. The Morgan fingerprint density at radius 1 is 1.27 bits per heavy atom. The van der Waals surface area contributed by atoms with Crippen LogP contribution in [0.15, 0.2) is 35.2 Å². The van der Waals surface area contributed by atoms with E-state index in [9.17, 15) is 5.11 Å². The van der Waals surface area contributed by atoms with Gasteiger partial charge in [0, 0.05) is 0 Å². The molecule has 0 aromatic heterocycles. The number of fused-ring (bicyclic) bond motifs is 1. The lowest BCUT2D eigenvalue weighted by atomic mass is 10.1. The molecule has 0 aliphatic rings. The van der Waals surface area contributed by atoms with Gasteiger partial charge < -0.3 is 5.11 Å². The highest BCUT2D eigenvalue weighted by Gasteiger charge is 2.05. The Bertz CT molecular complexity index is 557. The highest BCUT2D eigenvalue weighted by atomic mass is 32.2. The van der Waals surface area contributed by atoms with Crippen LogP contribution >= 0.6 is 11.8 Å². The third kappa shape index (κ3) is 1.64. The van der Waals surface area contributed by atoms with Crippen molar-refractivity contribution in [2.45, 2.75) is 4.90 Å². The van der Waals surface area contributed by atoms with E-state index in [0.717, 1.165) is 15.7 Å². The fourth-order valence-corrected chi connectivity index (χ4v) is 2.26. The number of hydrogen-bond acceptors (Lipinski definition) is 3. The van der Waals surface area contributed by atoms with Gasteiger partial charge in [0.05, 0.1) is 16.5 Å². The molecule has 0 saturated carbocycles. The number of benzene rings is 2. The van der Waals surface area contributed by atoms with Crippen LogP contribution in [0.3, 0.4) is 0 Å².